The van der Waals surface area contributed by atoms with Gasteiger partial charge in [0.2, 0.25) is 0 Å². The topological polar surface area (TPSA) is 42.2 Å². The fourth-order valence-electron chi connectivity index (χ4n) is 2.62. The van der Waals surface area contributed by atoms with E-state index in [2.05, 4.69) is 23.9 Å². The van der Waals surface area contributed by atoms with Crippen LogP contribution in [0.15, 0.2) is 18.3 Å². The average molecular weight is 219 g/mol. The Bertz CT molecular complexity index is 351. The number of rotatable bonds is 2. The van der Waals surface area contributed by atoms with E-state index in [1.54, 1.807) is 6.20 Å². The predicted octanol–water partition coefficient (Wildman–Crippen LogP) is 2.68. The lowest BCUT2D eigenvalue weighted by atomic mass is 9.86. The SMILES string of the molecule is CC1CCCC(N(C)c2ccnc(N)c2)C1. The molecule has 2 rings (SSSR count). The van der Waals surface area contributed by atoms with Gasteiger partial charge < -0.3 is 10.6 Å². The molecule has 1 aliphatic carbocycles. The quantitative estimate of drug-likeness (QED) is 0.831. The van der Waals surface area contributed by atoms with Crippen LogP contribution >= 0.6 is 0 Å². The molecule has 3 nitrogen and oxygen atoms in total. The van der Waals surface area contributed by atoms with Crippen LogP contribution in [0.5, 0.6) is 0 Å². The molecule has 0 aliphatic heterocycles. The number of hydrogen-bond donors (Lipinski definition) is 1. The number of aromatic nitrogens is 1. The molecule has 1 fully saturated rings. The van der Waals surface area contributed by atoms with Crippen LogP contribution in [0.1, 0.15) is 32.6 Å². The standard InChI is InChI=1S/C13H21N3/c1-10-4-3-5-11(8-10)16(2)12-6-7-15-13(14)9-12/h6-7,9-11H,3-5,8H2,1-2H3,(H2,14,15). The van der Waals surface area contributed by atoms with Crippen LogP contribution in [0.25, 0.3) is 0 Å². The zero-order valence-electron chi connectivity index (χ0n) is 10.2. The summed E-state index contributed by atoms with van der Waals surface area (Å²) in [5, 5.41) is 0. The summed E-state index contributed by atoms with van der Waals surface area (Å²) in [6, 6.07) is 4.65. The Labute approximate surface area is 97.7 Å². The van der Waals surface area contributed by atoms with E-state index in [1.165, 1.54) is 31.4 Å². The minimum absolute atomic E-state index is 0.605. The van der Waals surface area contributed by atoms with E-state index in [0.29, 0.717) is 11.9 Å². The molecule has 16 heavy (non-hydrogen) atoms. The molecule has 0 aromatic carbocycles. The van der Waals surface area contributed by atoms with Crippen molar-refractivity contribution in [3.05, 3.63) is 18.3 Å². The van der Waals surface area contributed by atoms with Crippen molar-refractivity contribution in [3.8, 4) is 0 Å². The molecule has 2 unspecified atom stereocenters. The molecule has 0 bridgehead atoms. The second-order valence-electron chi connectivity index (χ2n) is 4.98. The second-order valence-corrected chi connectivity index (χ2v) is 4.98. The molecule has 0 amide bonds. The summed E-state index contributed by atoms with van der Waals surface area (Å²) >= 11 is 0. The van der Waals surface area contributed by atoms with E-state index in [-0.39, 0.29) is 0 Å². The van der Waals surface area contributed by atoms with Crippen molar-refractivity contribution in [1.29, 1.82) is 0 Å². The molecule has 1 aromatic heterocycles. The number of nitrogens with two attached hydrogens (primary N) is 1. The molecular formula is C13H21N3. The van der Waals surface area contributed by atoms with Crippen molar-refractivity contribution in [2.24, 2.45) is 5.92 Å². The number of hydrogen-bond acceptors (Lipinski definition) is 3. The maximum absolute atomic E-state index is 5.72. The Hall–Kier alpha value is -1.25. The van der Waals surface area contributed by atoms with Crippen LogP contribution in [-0.2, 0) is 0 Å². The third kappa shape index (κ3) is 2.46. The Morgan fingerprint density at radius 1 is 1.44 bits per heavy atom. The van der Waals surface area contributed by atoms with Crippen molar-refractivity contribution >= 4 is 11.5 Å². The van der Waals surface area contributed by atoms with Crippen LogP contribution in [0, 0.1) is 5.92 Å². The summed E-state index contributed by atoms with van der Waals surface area (Å²) in [5.74, 6) is 1.45. The maximum atomic E-state index is 5.72. The second kappa shape index (κ2) is 4.73. The largest absolute Gasteiger partial charge is 0.384 e. The number of pyridine rings is 1. The number of nitrogen functional groups attached to an aromatic ring is 1. The fraction of sp³-hybridized carbons (Fsp3) is 0.615. The first-order valence-corrected chi connectivity index (χ1v) is 6.11. The van der Waals surface area contributed by atoms with Crippen LogP contribution in [0.3, 0.4) is 0 Å². The molecule has 0 saturated heterocycles. The summed E-state index contributed by atoms with van der Waals surface area (Å²) in [4.78, 5) is 6.39. The lowest BCUT2D eigenvalue weighted by Crippen LogP contribution is -2.35. The van der Waals surface area contributed by atoms with E-state index in [9.17, 15) is 0 Å². The third-order valence-corrected chi connectivity index (χ3v) is 3.63. The average Bonchev–Trinajstić information content (AvgIpc) is 2.28. The van der Waals surface area contributed by atoms with Gasteiger partial charge in [0.15, 0.2) is 0 Å². The van der Waals surface area contributed by atoms with E-state index in [4.69, 9.17) is 5.73 Å². The zero-order chi connectivity index (χ0) is 11.5. The van der Waals surface area contributed by atoms with Crippen LogP contribution in [-0.4, -0.2) is 18.1 Å². The highest BCUT2D eigenvalue weighted by Gasteiger charge is 2.22. The van der Waals surface area contributed by atoms with Gasteiger partial charge in [0.1, 0.15) is 5.82 Å². The van der Waals surface area contributed by atoms with Gasteiger partial charge in [0.05, 0.1) is 0 Å². The predicted molar refractivity (Wildman–Crippen MR) is 68.5 cm³/mol. The van der Waals surface area contributed by atoms with E-state index >= 15 is 0 Å². The van der Waals surface area contributed by atoms with Crippen molar-refractivity contribution < 1.29 is 0 Å². The summed E-state index contributed by atoms with van der Waals surface area (Å²) in [7, 11) is 2.16. The van der Waals surface area contributed by atoms with Crippen LogP contribution in [0.2, 0.25) is 0 Å². The van der Waals surface area contributed by atoms with Gasteiger partial charge in [-0.2, -0.15) is 0 Å². The third-order valence-electron chi connectivity index (χ3n) is 3.63. The first-order chi connectivity index (χ1) is 7.66. The fourth-order valence-corrected chi connectivity index (χ4v) is 2.62. The van der Waals surface area contributed by atoms with Crippen molar-refractivity contribution in [2.75, 3.05) is 17.7 Å². The maximum Gasteiger partial charge on any atom is 0.125 e. The number of nitrogens with zero attached hydrogens (tertiary/aromatic N) is 2. The van der Waals surface area contributed by atoms with Gasteiger partial charge >= 0.3 is 0 Å². The molecule has 0 spiro atoms. The molecule has 1 heterocycles. The van der Waals surface area contributed by atoms with Gasteiger partial charge in [0.25, 0.3) is 0 Å². The zero-order valence-corrected chi connectivity index (χ0v) is 10.2. The summed E-state index contributed by atoms with van der Waals surface area (Å²) in [5.41, 5.74) is 6.90. The molecule has 0 radical (unpaired) electrons. The first-order valence-electron chi connectivity index (χ1n) is 6.11. The molecule has 2 N–H and O–H groups in total. The normalized spacial score (nSPS) is 25.4. The monoisotopic (exact) mass is 219 g/mol. The Morgan fingerprint density at radius 3 is 2.94 bits per heavy atom. The van der Waals surface area contributed by atoms with Gasteiger partial charge in [-0.05, 0) is 24.8 Å². The summed E-state index contributed by atoms with van der Waals surface area (Å²) in [6.45, 7) is 2.35. The molecule has 2 atom stereocenters. The number of anilines is 2. The van der Waals surface area contributed by atoms with Crippen molar-refractivity contribution in [2.45, 2.75) is 38.6 Å². The Balaban J connectivity index is 2.09. The summed E-state index contributed by atoms with van der Waals surface area (Å²) < 4.78 is 0. The highest BCUT2D eigenvalue weighted by molar-refractivity contribution is 5.52. The first kappa shape index (κ1) is 11.2. The Kier molecular flexibility index (Phi) is 3.32. The van der Waals surface area contributed by atoms with Crippen molar-refractivity contribution in [3.63, 3.8) is 0 Å². The highest BCUT2D eigenvalue weighted by Crippen LogP contribution is 2.29. The highest BCUT2D eigenvalue weighted by atomic mass is 15.1. The summed E-state index contributed by atoms with van der Waals surface area (Å²) in [6.07, 6.45) is 7.09. The minimum atomic E-state index is 0.605. The Morgan fingerprint density at radius 2 is 2.25 bits per heavy atom. The van der Waals surface area contributed by atoms with Gasteiger partial charge in [0, 0.05) is 31.0 Å². The van der Waals surface area contributed by atoms with Crippen LogP contribution < -0.4 is 10.6 Å². The minimum Gasteiger partial charge on any atom is -0.384 e. The molecule has 3 heteroatoms. The molecule has 1 aromatic rings. The van der Waals surface area contributed by atoms with Gasteiger partial charge in [-0.3, -0.25) is 0 Å². The molecular weight excluding hydrogens is 198 g/mol. The van der Waals surface area contributed by atoms with Gasteiger partial charge in [-0.1, -0.05) is 19.8 Å². The molecule has 1 saturated carbocycles. The van der Waals surface area contributed by atoms with E-state index in [0.717, 1.165) is 5.92 Å². The van der Waals surface area contributed by atoms with Crippen LogP contribution in [0.4, 0.5) is 11.5 Å². The van der Waals surface area contributed by atoms with Crippen molar-refractivity contribution in [1.82, 2.24) is 4.98 Å². The lowest BCUT2D eigenvalue weighted by Gasteiger charge is -2.35. The van der Waals surface area contributed by atoms with E-state index < -0.39 is 0 Å². The smallest absolute Gasteiger partial charge is 0.125 e. The molecule has 88 valence electrons. The molecule has 1 aliphatic rings. The van der Waals surface area contributed by atoms with E-state index in [1.807, 2.05) is 12.1 Å². The van der Waals surface area contributed by atoms with Gasteiger partial charge in [-0.15, -0.1) is 0 Å². The lowest BCUT2D eigenvalue weighted by molar-refractivity contribution is 0.336. The van der Waals surface area contributed by atoms with Gasteiger partial charge in [-0.25, -0.2) is 4.98 Å².